The van der Waals surface area contributed by atoms with Gasteiger partial charge in [-0.25, -0.2) is 4.98 Å². The highest BCUT2D eigenvalue weighted by Gasteiger charge is 2.07. The molecule has 0 spiro atoms. The molecule has 4 aromatic rings. The number of H-pyrrole nitrogens is 1. The summed E-state index contributed by atoms with van der Waals surface area (Å²) in [5.41, 5.74) is 3.77. The largest absolute Gasteiger partial charge is 0.472 e. The van der Waals surface area contributed by atoms with E-state index in [0.717, 1.165) is 33.2 Å². The zero-order valence-corrected chi connectivity index (χ0v) is 9.42. The third-order valence-electron chi connectivity index (χ3n) is 3.07. The van der Waals surface area contributed by atoms with Crippen LogP contribution in [-0.2, 0) is 0 Å². The summed E-state index contributed by atoms with van der Waals surface area (Å²) in [5, 5.41) is 2.24. The maximum absolute atomic E-state index is 5.09. The maximum Gasteiger partial charge on any atom is 0.138 e. The molecule has 0 atom stereocenters. The maximum atomic E-state index is 5.09. The topological polar surface area (TPSA) is 54.7 Å². The summed E-state index contributed by atoms with van der Waals surface area (Å²) in [4.78, 5) is 12.0. The highest BCUT2D eigenvalue weighted by atomic mass is 16.3. The molecule has 0 unspecified atom stereocenters. The molecule has 0 aromatic carbocycles. The van der Waals surface area contributed by atoms with E-state index in [4.69, 9.17) is 4.42 Å². The second kappa shape index (κ2) is 3.43. The fourth-order valence-electron chi connectivity index (χ4n) is 2.20. The van der Waals surface area contributed by atoms with Gasteiger partial charge < -0.3 is 9.40 Å². The van der Waals surface area contributed by atoms with Gasteiger partial charge in [-0.1, -0.05) is 0 Å². The van der Waals surface area contributed by atoms with Crippen LogP contribution in [0.15, 0.2) is 53.6 Å². The van der Waals surface area contributed by atoms with Crippen molar-refractivity contribution >= 4 is 21.9 Å². The Labute approximate surface area is 102 Å². The van der Waals surface area contributed by atoms with E-state index in [1.807, 2.05) is 18.3 Å². The molecule has 4 rings (SSSR count). The average molecular weight is 235 g/mol. The third-order valence-corrected chi connectivity index (χ3v) is 3.07. The fraction of sp³-hybridized carbons (Fsp3) is 0. The lowest BCUT2D eigenvalue weighted by Crippen LogP contribution is -1.80. The van der Waals surface area contributed by atoms with E-state index in [9.17, 15) is 0 Å². The Kier molecular flexibility index (Phi) is 1.80. The minimum atomic E-state index is 0.888. The van der Waals surface area contributed by atoms with Crippen LogP contribution in [0.4, 0.5) is 0 Å². The lowest BCUT2D eigenvalue weighted by molar-refractivity contribution is 0.568. The zero-order chi connectivity index (χ0) is 11.9. The van der Waals surface area contributed by atoms with Crippen molar-refractivity contribution in [2.75, 3.05) is 0 Å². The van der Waals surface area contributed by atoms with E-state index in [2.05, 4.69) is 27.1 Å². The molecular formula is C14H9N3O. The van der Waals surface area contributed by atoms with Crippen LogP contribution in [-0.4, -0.2) is 15.0 Å². The number of nitrogens with zero attached hydrogens (tertiary/aromatic N) is 2. The normalized spacial score (nSPS) is 11.3. The third kappa shape index (κ3) is 1.26. The van der Waals surface area contributed by atoms with Gasteiger partial charge in [0.25, 0.3) is 0 Å². The Hall–Kier alpha value is -2.62. The number of hydrogen-bond donors (Lipinski definition) is 1. The molecule has 4 heterocycles. The smallest absolute Gasteiger partial charge is 0.138 e. The average Bonchev–Trinajstić information content (AvgIpc) is 3.05. The van der Waals surface area contributed by atoms with Crippen LogP contribution in [0.5, 0.6) is 0 Å². The molecule has 18 heavy (non-hydrogen) atoms. The highest BCUT2D eigenvalue weighted by Crippen LogP contribution is 2.27. The van der Waals surface area contributed by atoms with Crippen LogP contribution in [0, 0.1) is 0 Å². The Balaban J connectivity index is 2.07. The number of hydrogen-bond acceptors (Lipinski definition) is 3. The van der Waals surface area contributed by atoms with Crippen molar-refractivity contribution in [3.8, 4) is 11.3 Å². The molecule has 4 aromatic heterocycles. The molecule has 86 valence electrons. The van der Waals surface area contributed by atoms with Crippen molar-refractivity contribution in [2.24, 2.45) is 0 Å². The molecule has 0 amide bonds. The van der Waals surface area contributed by atoms with Gasteiger partial charge in [-0.3, -0.25) is 4.98 Å². The van der Waals surface area contributed by atoms with E-state index >= 15 is 0 Å². The second-order valence-electron chi connectivity index (χ2n) is 4.15. The van der Waals surface area contributed by atoms with Crippen molar-refractivity contribution in [1.82, 2.24) is 15.0 Å². The van der Waals surface area contributed by atoms with Gasteiger partial charge >= 0.3 is 0 Å². The summed E-state index contributed by atoms with van der Waals surface area (Å²) in [6.07, 6.45) is 6.96. The van der Waals surface area contributed by atoms with Crippen molar-refractivity contribution in [3.63, 3.8) is 0 Å². The molecule has 0 aliphatic carbocycles. The summed E-state index contributed by atoms with van der Waals surface area (Å²) in [7, 11) is 0. The first-order valence-corrected chi connectivity index (χ1v) is 5.67. The zero-order valence-electron chi connectivity index (χ0n) is 9.42. The van der Waals surface area contributed by atoms with E-state index in [1.165, 1.54) is 0 Å². The molecule has 1 N–H and O–H groups in total. The molecule has 4 nitrogen and oxygen atoms in total. The number of furan rings is 1. The van der Waals surface area contributed by atoms with Crippen LogP contribution in [0.3, 0.4) is 0 Å². The Morgan fingerprint density at radius 2 is 2.11 bits per heavy atom. The van der Waals surface area contributed by atoms with Gasteiger partial charge in [-0.15, -0.1) is 0 Å². The van der Waals surface area contributed by atoms with Gasteiger partial charge in [0.05, 0.1) is 29.9 Å². The first-order chi connectivity index (χ1) is 8.92. The minimum Gasteiger partial charge on any atom is -0.472 e. The van der Waals surface area contributed by atoms with Crippen molar-refractivity contribution in [1.29, 1.82) is 0 Å². The highest BCUT2D eigenvalue weighted by molar-refractivity contribution is 6.06. The van der Waals surface area contributed by atoms with Crippen LogP contribution < -0.4 is 0 Å². The summed E-state index contributed by atoms with van der Waals surface area (Å²) >= 11 is 0. The number of fused-ring (bicyclic) bond motifs is 3. The molecule has 0 saturated carbocycles. The number of nitrogens with one attached hydrogen (secondary N) is 1. The van der Waals surface area contributed by atoms with Gasteiger partial charge in [0.15, 0.2) is 0 Å². The number of pyridine rings is 2. The molecule has 0 saturated heterocycles. The predicted octanol–water partition coefficient (Wildman–Crippen LogP) is 3.37. The predicted molar refractivity (Wildman–Crippen MR) is 69.1 cm³/mol. The van der Waals surface area contributed by atoms with Crippen LogP contribution >= 0.6 is 0 Å². The lowest BCUT2D eigenvalue weighted by Gasteiger charge is -1.96. The van der Waals surface area contributed by atoms with Gasteiger partial charge in [0.1, 0.15) is 5.65 Å². The monoisotopic (exact) mass is 235 g/mol. The Bertz CT molecular complexity index is 831. The summed E-state index contributed by atoms with van der Waals surface area (Å²) in [6.45, 7) is 0. The standard InChI is InChI=1S/C14H9N3O/c1-2-10-11-6-12(9-3-5-18-8-9)16-7-13(11)17-14(10)15-4-1/h1-8H,(H,15,17). The van der Waals surface area contributed by atoms with E-state index in [0.29, 0.717) is 0 Å². The van der Waals surface area contributed by atoms with Gasteiger partial charge in [-0.05, 0) is 24.3 Å². The first-order valence-electron chi connectivity index (χ1n) is 5.67. The lowest BCUT2D eigenvalue weighted by atomic mass is 10.1. The second-order valence-corrected chi connectivity index (χ2v) is 4.15. The van der Waals surface area contributed by atoms with Gasteiger partial charge in [-0.2, -0.15) is 0 Å². The molecule has 0 fully saturated rings. The quantitative estimate of drug-likeness (QED) is 0.550. The molecule has 0 radical (unpaired) electrons. The van der Waals surface area contributed by atoms with Crippen LogP contribution in [0.25, 0.3) is 33.2 Å². The summed E-state index contributed by atoms with van der Waals surface area (Å²) in [5.74, 6) is 0. The van der Waals surface area contributed by atoms with E-state index < -0.39 is 0 Å². The number of rotatable bonds is 1. The van der Waals surface area contributed by atoms with Crippen molar-refractivity contribution in [2.45, 2.75) is 0 Å². The molecule has 0 bridgehead atoms. The van der Waals surface area contributed by atoms with Crippen molar-refractivity contribution < 1.29 is 4.42 Å². The van der Waals surface area contributed by atoms with Gasteiger partial charge in [0, 0.05) is 22.5 Å². The molecule has 0 aliphatic rings. The van der Waals surface area contributed by atoms with E-state index in [1.54, 1.807) is 18.7 Å². The van der Waals surface area contributed by atoms with Crippen molar-refractivity contribution in [3.05, 3.63) is 49.2 Å². The van der Waals surface area contributed by atoms with E-state index in [-0.39, 0.29) is 0 Å². The fourth-order valence-corrected chi connectivity index (χ4v) is 2.20. The molecular weight excluding hydrogens is 226 g/mol. The minimum absolute atomic E-state index is 0.888. The first kappa shape index (κ1) is 9.41. The van der Waals surface area contributed by atoms with Gasteiger partial charge in [0.2, 0.25) is 0 Å². The number of aromatic amines is 1. The van der Waals surface area contributed by atoms with Crippen LogP contribution in [0.1, 0.15) is 0 Å². The van der Waals surface area contributed by atoms with Crippen LogP contribution in [0.2, 0.25) is 0 Å². The SMILES string of the molecule is c1cnc2[nH]c3cnc(-c4ccoc4)cc3c2c1. The molecule has 4 heteroatoms. The number of aromatic nitrogens is 3. The Morgan fingerprint density at radius 3 is 3.00 bits per heavy atom. The summed E-state index contributed by atoms with van der Waals surface area (Å²) in [6, 6.07) is 7.95. The Morgan fingerprint density at radius 1 is 1.11 bits per heavy atom. The summed E-state index contributed by atoms with van der Waals surface area (Å²) < 4.78 is 5.09. The molecule has 0 aliphatic heterocycles.